The Hall–Kier alpha value is -2.45. The van der Waals surface area contributed by atoms with E-state index in [9.17, 15) is 9.18 Å². The number of fused-ring (bicyclic) bond motifs is 1. The van der Waals surface area contributed by atoms with Crippen molar-refractivity contribution in [1.29, 1.82) is 0 Å². The van der Waals surface area contributed by atoms with Crippen LogP contribution in [0.25, 0.3) is 4.83 Å². The number of anilines is 2. The van der Waals surface area contributed by atoms with Crippen molar-refractivity contribution < 1.29 is 13.9 Å². The van der Waals surface area contributed by atoms with Crippen LogP contribution >= 0.6 is 11.3 Å². The number of likely N-dealkylation sites (tertiary alicyclic amines) is 1. The van der Waals surface area contributed by atoms with Gasteiger partial charge < -0.3 is 15.0 Å². The van der Waals surface area contributed by atoms with E-state index < -0.39 is 0 Å². The Labute approximate surface area is 185 Å². The Morgan fingerprint density at radius 3 is 2.87 bits per heavy atom. The highest BCUT2D eigenvalue weighted by Gasteiger charge is 2.34. The van der Waals surface area contributed by atoms with E-state index in [1.165, 1.54) is 10.9 Å². The lowest BCUT2D eigenvalue weighted by molar-refractivity contribution is -0.142. The third kappa shape index (κ3) is 3.72. The molecule has 0 spiro atoms. The molecule has 2 aliphatic heterocycles. The summed E-state index contributed by atoms with van der Waals surface area (Å²) < 4.78 is 22.0. The summed E-state index contributed by atoms with van der Waals surface area (Å²) in [5, 5.41) is 3.19. The van der Waals surface area contributed by atoms with Gasteiger partial charge in [-0.3, -0.25) is 9.20 Å². The molecule has 31 heavy (non-hydrogen) atoms. The normalized spacial score (nSPS) is 21.7. The van der Waals surface area contributed by atoms with Crippen LogP contribution in [0.3, 0.4) is 0 Å². The largest absolute Gasteiger partial charge is 0.368 e. The van der Waals surface area contributed by atoms with E-state index in [2.05, 4.69) is 23.6 Å². The Kier molecular flexibility index (Phi) is 5.44. The summed E-state index contributed by atoms with van der Waals surface area (Å²) in [5.74, 6) is 0.583. The number of nitrogens with one attached hydrogen (secondary N) is 1. The van der Waals surface area contributed by atoms with Gasteiger partial charge in [-0.2, -0.15) is 0 Å². The number of benzene rings is 1. The molecular weight excluding hydrogens is 415 g/mol. The zero-order valence-corrected chi connectivity index (χ0v) is 18.7. The van der Waals surface area contributed by atoms with Crippen LogP contribution in [0.4, 0.5) is 16.0 Å². The van der Waals surface area contributed by atoms with Crippen LogP contribution in [0.15, 0.2) is 24.3 Å². The van der Waals surface area contributed by atoms with Gasteiger partial charge >= 0.3 is 0 Å². The monoisotopic (exact) mass is 442 g/mol. The molecule has 1 N–H and O–H groups in total. The molecule has 0 aliphatic carbocycles. The Morgan fingerprint density at radius 1 is 1.26 bits per heavy atom. The average molecular weight is 443 g/mol. The van der Waals surface area contributed by atoms with Crippen LogP contribution in [0.2, 0.25) is 0 Å². The molecule has 2 atom stereocenters. The number of rotatable bonds is 4. The number of carbonyl (C=O) groups excluding carboxylic acids is 1. The lowest BCUT2D eigenvalue weighted by Crippen LogP contribution is -2.44. The number of aryl methyl sites for hydroxylation is 2. The Morgan fingerprint density at radius 2 is 2.10 bits per heavy atom. The molecule has 0 radical (unpaired) electrons. The molecule has 8 heteroatoms. The highest BCUT2D eigenvalue weighted by atomic mass is 32.1. The van der Waals surface area contributed by atoms with Gasteiger partial charge in [0.2, 0.25) is 5.95 Å². The van der Waals surface area contributed by atoms with Gasteiger partial charge in [0.1, 0.15) is 16.8 Å². The van der Waals surface area contributed by atoms with Gasteiger partial charge in [0.05, 0.1) is 11.4 Å². The molecule has 4 heterocycles. The van der Waals surface area contributed by atoms with Crippen molar-refractivity contribution in [3.63, 3.8) is 0 Å². The number of piperidine rings is 1. The second-order valence-electron chi connectivity index (χ2n) is 8.43. The molecule has 2 aromatic heterocycles. The molecule has 6 nitrogen and oxygen atoms in total. The Bertz CT molecular complexity index is 1120. The van der Waals surface area contributed by atoms with Crippen LogP contribution in [0.5, 0.6) is 0 Å². The molecule has 3 aromatic rings. The minimum atomic E-state index is -0.309. The average Bonchev–Trinajstić information content (AvgIpc) is 3.49. The van der Waals surface area contributed by atoms with Crippen molar-refractivity contribution in [3.8, 4) is 0 Å². The van der Waals surface area contributed by atoms with Crippen molar-refractivity contribution >= 4 is 33.7 Å². The van der Waals surface area contributed by atoms with E-state index in [1.54, 1.807) is 29.5 Å². The molecule has 1 amide bonds. The van der Waals surface area contributed by atoms with Crippen molar-refractivity contribution in [2.45, 2.75) is 51.6 Å². The first kappa shape index (κ1) is 20.5. The highest BCUT2D eigenvalue weighted by molar-refractivity contribution is 7.17. The number of imidazole rings is 1. The van der Waals surface area contributed by atoms with Gasteiger partial charge in [-0.25, -0.2) is 9.37 Å². The fourth-order valence-corrected chi connectivity index (χ4v) is 5.78. The molecule has 0 bridgehead atoms. The van der Waals surface area contributed by atoms with Crippen LogP contribution in [-0.4, -0.2) is 46.0 Å². The second kappa shape index (κ2) is 8.24. The van der Waals surface area contributed by atoms with Gasteiger partial charge in [0, 0.05) is 36.2 Å². The van der Waals surface area contributed by atoms with Gasteiger partial charge in [0.15, 0.2) is 0 Å². The molecular formula is C23H27FN4O2S. The zero-order valence-electron chi connectivity index (χ0n) is 17.9. The van der Waals surface area contributed by atoms with Crippen molar-refractivity contribution in [3.05, 3.63) is 46.3 Å². The first-order chi connectivity index (χ1) is 15.0. The number of carbonyl (C=O) groups is 1. The fraction of sp³-hybridized carbons (Fsp3) is 0.478. The number of hydrogen-bond acceptors (Lipinski definition) is 5. The summed E-state index contributed by atoms with van der Waals surface area (Å²) in [6.45, 7) is 6.26. The summed E-state index contributed by atoms with van der Waals surface area (Å²) in [4.78, 5) is 22.1. The van der Waals surface area contributed by atoms with Crippen LogP contribution < -0.4 is 5.32 Å². The molecule has 2 fully saturated rings. The number of thiazole rings is 1. The minimum Gasteiger partial charge on any atom is -0.368 e. The number of halogens is 1. The molecule has 2 aliphatic rings. The first-order valence-electron chi connectivity index (χ1n) is 10.9. The van der Waals surface area contributed by atoms with E-state index in [1.807, 2.05) is 4.90 Å². The van der Waals surface area contributed by atoms with Crippen molar-refractivity contribution in [2.24, 2.45) is 0 Å². The molecule has 0 saturated carbocycles. The van der Waals surface area contributed by atoms with Gasteiger partial charge in [0.25, 0.3) is 5.91 Å². The third-order valence-electron chi connectivity index (χ3n) is 6.40. The van der Waals surface area contributed by atoms with E-state index >= 15 is 0 Å². The van der Waals surface area contributed by atoms with Crippen LogP contribution in [0, 0.1) is 19.7 Å². The highest BCUT2D eigenvalue weighted by Crippen LogP contribution is 2.37. The second-order valence-corrected chi connectivity index (χ2v) is 9.64. The fourth-order valence-electron chi connectivity index (χ4n) is 4.62. The smallest absolute Gasteiger partial charge is 0.251 e. The maximum atomic E-state index is 14.3. The molecule has 164 valence electrons. The molecule has 2 saturated heterocycles. The summed E-state index contributed by atoms with van der Waals surface area (Å²) >= 11 is 1.71. The number of nitrogens with zero attached hydrogens (tertiary/aromatic N) is 3. The summed E-state index contributed by atoms with van der Waals surface area (Å²) in [6, 6.07) is 6.64. The lowest BCUT2D eigenvalue weighted by Gasteiger charge is -2.33. The topological polar surface area (TPSA) is 58.9 Å². The molecule has 1 aromatic carbocycles. The Balaban J connectivity index is 1.47. The van der Waals surface area contributed by atoms with Gasteiger partial charge in [-0.05, 0) is 51.7 Å². The van der Waals surface area contributed by atoms with E-state index in [-0.39, 0.29) is 23.7 Å². The van der Waals surface area contributed by atoms with Gasteiger partial charge in [-0.15, -0.1) is 11.3 Å². The van der Waals surface area contributed by atoms with Crippen LogP contribution in [0.1, 0.15) is 47.9 Å². The predicted octanol–water partition coefficient (Wildman–Crippen LogP) is 4.78. The minimum absolute atomic E-state index is 0.112. The SMILES string of the molecule is Cc1sc2c(C3CCCN(C(=O)C4CCCO4)C3)nc(Nc3ccccc3F)n2c1C. The quantitative estimate of drug-likeness (QED) is 0.632. The number of ether oxygens (including phenoxy) is 1. The summed E-state index contributed by atoms with van der Waals surface area (Å²) in [6.07, 6.45) is 3.41. The molecule has 2 unspecified atom stereocenters. The standard InChI is InChI=1S/C23H27FN4O2S/c1-14-15(2)31-22-20(26-23(28(14)22)25-18-9-4-3-8-17(18)24)16-7-5-11-27(13-16)21(29)19-10-6-12-30-19/h3-4,8-9,16,19H,5-7,10-13H2,1-2H3,(H,25,26). The summed E-state index contributed by atoms with van der Waals surface area (Å²) in [5.41, 5.74) is 2.49. The van der Waals surface area contributed by atoms with Crippen molar-refractivity contribution in [2.75, 3.05) is 25.0 Å². The summed E-state index contributed by atoms with van der Waals surface area (Å²) in [7, 11) is 0. The van der Waals surface area contributed by atoms with Gasteiger partial charge in [-0.1, -0.05) is 12.1 Å². The number of para-hydroxylation sites is 1. The number of hydrogen-bond donors (Lipinski definition) is 1. The van der Waals surface area contributed by atoms with Crippen LogP contribution in [-0.2, 0) is 9.53 Å². The number of amides is 1. The van der Waals surface area contributed by atoms with E-state index in [0.29, 0.717) is 24.8 Å². The van der Waals surface area contributed by atoms with E-state index in [0.717, 1.165) is 48.4 Å². The van der Waals surface area contributed by atoms with E-state index in [4.69, 9.17) is 9.72 Å². The first-order valence-corrected chi connectivity index (χ1v) is 11.7. The number of aromatic nitrogens is 2. The maximum Gasteiger partial charge on any atom is 0.251 e. The predicted molar refractivity (Wildman–Crippen MR) is 120 cm³/mol. The molecule has 5 rings (SSSR count). The zero-order chi connectivity index (χ0) is 21.5. The third-order valence-corrected chi connectivity index (χ3v) is 7.59. The maximum absolute atomic E-state index is 14.3. The van der Waals surface area contributed by atoms with Crippen molar-refractivity contribution in [1.82, 2.24) is 14.3 Å². The lowest BCUT2D eigenvalue weighted by atomic mass is 9.94.